The molecule has 0 unspecified atom stereocenters. The van der Waals surface area contributed by atoms with E-state index in [1.165, 1.54) is 6.20 Å². The van der Waals surface area contributed by atoms with E-state index in [1.54, 1.807) is 30.7 Å². The number of hydrogen-bond donors (Lipinski definition) is 1. The Morgan fingerprint density at radius 3 is 2.82 bits per heavy atom. The maximum atomic E-state index is 5.55. The minimum absolute atomic E-state index is 0.348. The zero-order valence-electron chi connectivity index (χ0n) is 8.70. The highest BCUT2D eigenvalue weighted by Crippen LogP contribution is 2.21. The molecule has 6 heteroatoms. The predicted octanol–water partition coefficient (Wildman–Crippen LogP) is 1.97. The Morgan fingerprint density at radius 1 is 1.18 bits per heavy atom. The van der Waals surface area contributed by atoms with Crippen molar-refractivity contribution in [1.82, 2.24) is 15.1 Å². The van der Waals surface area contributed by atoms with Gasteiger partial charge in [-0.25, -0.2) is 4.98 Å². The molecule has 0 saturated heterocycles. The molecule has 3 rings (SSSR count). The zero-order valence-corrected chi connectivity index (χ0v) is 8.70. The average molecular weight is 228 g/mol. The summed E-state index contributed by atoms with van der Waals surface area (Å²) in [5.41, 5.74) is 7.48. The van der Waals surface area contributed by atoms with E-state index in [-0.39, 0.29) is 0 Å². The van der Waals surface area contributed by atoms with Crippen molar-refractivity contribution in [1.29, 1.82) is 0 Å². The summed E-state index contributed by atoms with van der Waals surface area (Å²) in [5, 5.41) is 3.84. The Morgan fingerprint density at radius 2 is 2.12 bits per heavy atom. The van der Waals surface area contributed by atoms with Crippen molar-refractivity contribution in [3.05, 3.63) is 36.9 Å². The smallest absolute Gasteiger partial charge is 0.276 e. The van der Waals surface area contributed by atoms with Crippen LogP contribution in [0.3, 0.4) is 0 Å². The number of furan rings is 1. The minimum Gasteiger partial charge on any atom is -0.472 e. The number of pyridine rings is 1. The third kappa shape index (κ3) is 1.76. The molecule has 3 aromatic rings. The van der Waals surface area contributed by atoms with Crippen LogP contribution >= 0.6 is 0 Å². The van der Waals surface area contributed by atoms with Gasteiger partial charge in [0.1, 0.15) is 12.0 Å². The molecule has 0 aliphatic carbocycles. The van der Waals surface area contributed by atoms with Crippen molar-refractivity contribution in [2.75, 3.05) is 5.73 Å². The van der Waals surface area contributed by atoms with E-state index in [0.717, 1.165) is 5.56 Å². The third-order valence-corrected chi connectivity index (χ3v) is 2.21. The Labute approximate surface area is 96.1 Å². The first-order valence-electron chi connectivity index (χ1n) is 4.91. The molecule has 0 aliphatic rings. The highest BCUT2D eigenvalue weighted by Gasteiger charge is 2.11. The molecule has 0 aliphatic heterocycles. The summed E-state index contributed by atoms with van der Waals surface area (Å²) in [7, 11) is 0. The van der Waals surface area contributed by atoms with Gasteiger partial charge in [-0.3, -0.25) is 0 Å². The normalized spacial score (nSPS) is 10.6. The molecule has 0 aromatic carbocycles. The Kier molecular flexibility index (Phi) is 2.11. The Hall–Kier alpha value is -2.63. The summed E-state index contributed by atoms with van der Waals surface area (Å²) < 4.78 is 10.1. The maximum absolute atomic E-state index is 5.55. The van der Waals surface area contributed by atoms with E-state index < -0.39 is 0 Å². The first-order chi connectivity index (χ1) is 8.33. The van der Waals surface area contributed by atoms with Gasteiger partial charge in [-0.1, -0.05) is 5.16 Å². The van der Waals surface area contributed by atoms with Gasteiger partial charge < -0.3 is 14.7 Å². The summed E-state index contributed by atoms with van der Waals surface area (Å²) in [5.74, 6) is 0.813. The molecule has 0 atom stereocenters. The summed E-state index contributed by atoms with van der Waals surface area (Å²) in [6.45, 7) is 0. The number of anilines is 1. The van der Waals surface area contributed by atoms with Crippen LogP contribution in [0.1, 0.15) is 0 Å². The Balaban J connectivity index is 1.98. The van der Waals surface area contributed by atoms with Crippen LogP contribution in [0.2, 0.25) is 0 Å². The summed E-state index contributed by atoms with van der Waals surface area (Å²) in [4.78, 5) is 8.31. The number of hydrogen-bond acceptors (Lipinski definition) is 6. The molecule has 0 saturated carbocycles. The topological polar surface area (TPSA) is 91.0 Å². The van der Waals surface area contributed by atoms with Crippen molar-refractivity contribution in [3.63, 3.8) is 0 Å². The lowest BCUT2D eigenvalue weighted by molar-refractivity contribution is 0.431. The zero-order chi connectivity index (χ0) is 11.7. The fourth-order valence-corrected chi connectivity index (χ4v) is 1.37. The van der Waals surface area contributed by atoms with Crippen LogP contribution in [0, 0.1) is 0 Å². The van der Waals surface area contributed by atoms with E-state index in [2.05, 4.69) is 15.1 Å². The maximum Gasteiger partial charge on any atom is 0.276 e. The van der Waals surface area contributed by atoms with Gasteiger partial charge in [0.15, 0.2) is 0 Å². The van der Waals surface area contributed by atoms with Crippen molar-refractivity contribution >= 4 is 5.69 Å². The lowest BCUT2D eigenvalue weighted by Gasteiger charge is -1.93. The molecular weight excluding hydrogens is 220 g/mol. The van der Waals surface area contributed by atoms with Crippen LogP contribution in [-0.4, -0.2) is 15.1 Å². The van der Waals surface area contributed by atoms with Gasteiger partial charge in [-0.05, 0) is 18.2 Å². The molecule has 3 heterocycles. The van der Waals surface area contributed by atoms with Crippen LogP contribution < -0.4 is 5.73 Å². The van der Waals surface area contributed by atoms with Gasteiger partial charge in [0.2, 0.25) is 5.82 Å². The molecule has 17 heavy (non-hydrogen) atoms. The number of nitrogens with zero attached hydrogens (tertiary/aromatic N) is 3. The molecule has 0 bridgehead atoms. The van der Waals surface area contributed by atoms with E-state index >= 15 is 0 Å². The van der Waals surface area contributed by atoms with Crippen LogP contribution in [0.4, 0.5) is 5.69 Å². The summed E-state index contributed by atoms with van der Waals surface area (Å²) in [6, 6.07) is 5.21. The summed E-state index contributed by atoms with van der Waals surface area (Å²) >= 11 is 0. The van der Waals surface area contributed by atoms with E-state index in [9.17, 15) is 0 Å². The molecule has 0 radical (unpaired) electrons. The van der Waals surface area contributed by atoms with Crippen LogP contribution in [0.15, 0.2) is 45.9 Å². The van der Waals surface area contributed by atoms with E-state index in [0.29, 0.717) is 23.1 Å². The fraction of sp³-hybridized carbons (Fsp3) is 0. The van der Waals surface area contributed by atoms with Crippen LogP contribution in [0.25, 0.3) is 23.0 Å². The fourth-order valence-electron chi connectivity index (χ4n) is 1.37. The highest BCUT2D eigenvalue weighted by molar-refractivity contribution is 5.57. The van der Waals surface area contributed by atoms with Gasteiger partial charge in [-0.15, -0.1) is 0 Å². The first-order valence-corrected chi connectivity index (χ1v) is 4.91. The SMILES string of the molecule is Nc1ccc(-c2nc(-c3ccoc3)no2)nc1. The van der Waals surface area contributed by atoms with Crippen molar-refractivity contribution in [3.8, 4) is 23.0 Å². The van der Waals surface area contributed by atoms with Gasteiger partial charge >= 0.3 is 0 Å². The van der Waals surface area contributed by atoms with Gasteiger partial charge in [-0.2, -0.15) is 4.98 Å². The second-order valence-electron chi connectivity index (χ2n) is 3.41. The van der Waals surface area contributed by atoms with Crippen LogP contribution in [-0.2, 0) is 0 Å². The second kappa shape index (κ2) is 3.75. The lowest BCUT2D eigenvalue weighted by Crippen LogP contribution is -1.88. The van der Waals surface area contributed by atoms with Gasteiger partial charge in [0, 0.05) is 0 Å². The quantitative estimate of drug-likeness (QED) is 0.721. The standard InChI is InChI=1S/C11H8N4O2/c12-8-1-2-9(13-5-8)11-14-10(15-17-11)7-3-4-16-6-7/h1-6H,12H2. The monoisotopic (exact) mass is 228 g/mol. The summed E-state index contributed by atoms with van der Waals surface area (Å²) in [6.07, 6.45) is 4.63. The van der Waals surface area contributed by atoms with Crippen molar-refractivity contribution < 1.29 is 8.94 Å². The number of nitrogens with two attached hydrogens (primary N) is 1. The number of nitrogen functional groups attached to an aromatic ring is 1. The molecular formula is C11H8N4O2. The predicted molar refractivity (Wildman–Crippen MR) is 59.6 cm³/mol. The number of rotatable bonds is 2. The molecule has 0 spiro atoms. The largest absolute Gasteiger partial charge is 0.472 e. The van der Waals surface area contributed by atoms with E-state index in [1.807, 2.05) is 0 Å². The number of aromatic nitrogens is 3. The van der Waals surface area contributed by atoms with Gasteiger partial charge in [0.05, 0.1) is 23.7 Å². The first kappa shape index (κ1) is 9.59. The van der Waals surface area contributed by atoms with Crippen molar-refractivity contribution in [2.45, 2.75) is 0 Å². The molecule has 2 N–H and O–H groups in total. The molecule has 3 aromatic heterocycles. The lowest BCUT2D eigenvalue weighted by atomic mass is 10.3. The average Bonchev–Trinajstić information content (AvgIpc) is 3.00. The second-order valence-corrected chi connectivity index (χ2v) is 3.41. The van der Waals surface area contributed by atoms with Crippen LogP contribution in [0.5, 0.6) is 0 Å². The minimum atomic E-state index is 0.348. The molecule has 0 amide bonds. The molecule has 84 valence electrons. The van der Waals surface area contributed by atoms with Crippen molar-refractivity contribution in [2.24, 2.45) is 0 Å². The van der Waals surface area contributed by atoms with Gasteiger partial charge in [0.25, 0.3) is 5.89 Å². The Bertz CT molecular complexity index is 613. The van der Waals surface area contributed by atoms with E-state index in [4.69, 9.17) is 14.7 Å². The molecule has 6 nitrogen and oxygen atoms in total. The highest BCUT2D eigenvalue weighted by atomic mass is 16.5. The molecule has 0 fully saturated rings. The third-order valence-electron chi connectivity index (χ3n) is 2.21.